The second-order valence-electron chi connectivity index (χ2n) is 7.40. The zero-order valence-electron chi connectivity index (χ0n) is 16.2. The minimum absolute atomic E-state index is 0.210. The molecule has 3 heterocycles. The lowest BCUT2D eigenvalue weighted by Crippen LogP contribution is -2.36. The van der Waals surface area contributed by atoms with Gasteiger partial charge in [0.2, 0.25) is 0 Å². The van der Waals surface area contributed by atoms with Crippen molar-refractivity contribution >= 4 is 39.1 Å². The summed E-state index contributed by atoms with van der Waals surface area (Å²) in [6, 6.07) is 0. The number of amides is 1. The minimum atomic E-state index is -4.81. The lowest BCUT2D eigenvalue weighted by atomic mass is 9.89. The fraction of sp³-hybridized carbons (Fsp3) is 0.444. The highest BCUT2D eigenvalue weighted by atomic mass is 35.5. The quantitative estimate of drug-likeness (QED) is 0.633. The molecule has 1 aliphatic carbocycles. The molecule has 0 spiro atoms. The molecule has 0 radical (unpaired) electrons. The molecular formula is C18H17ClF3N5O2S. The number of aromatic nitrogens is 4. The Labute approximate surface area is 177 Å². The number of nitrogens with one attached hydrogen (secondary N) is 1. The third-order valence-corrected chi connectivity index (χ3v) is 6.69. The van der Waals surface area contributed by atoms with Gasteiger partial charge in [-0.3, -0.25) is 19.7 Å². The van der Waals surface area contributed by atoms with E-state index in [0.717, 1.165) is 39.1 Å². The van der Waals surface area contributed by atoms with Crippen molar-refractivity contribution in [3.63, 3.8) is 0 Å². The van der Waals surface area contributed by atoms with Crippen LogP contribution in [0, 0.1) is 12.8 Å². The van der Waals surface area contributed by atoms with Gasteiger partial charge in [-0.15, -0.1) is 11.3 Å². The summed E-state index contributed by atoms with van der Waals surface area (Å²) < 4.78 is 40.8. The predicted octanol–water partition coefficient (Wildman–Crippen LogP) is 3.68. The van der Waals surface area contributed by atoms with E-state index < -0.39 is 34.1 Å². The standard InChI is InChI=1S/C18H17ClF3N5O2S/c1-7-4-5-9-10(6-7)30-16-11(9)17(29)27(8(2)23-16)25-15(28)13-12(19)14(18(20,21)22)24-26(13)3/h7H,4-6H2,1-3H3,(H,25,28). The molecule has 0 saturated heterocycles. The lowest BCUT2D eigenvalue weighted by Gasteiger charge is -2.17. The Morgan fingerprint density at radius 1 is 1.37 bits per heavy atom. The molecule has 12 heteroatoms. The number of nitrogens with zero attached hydrogens (tertiary/aromatic N) is 4. The first-order chi connectivity index (χ1) is 14.0. The molecule has 0 bridgehead atoms. The van der Waals surface area contributed by atoms with Gasteiger partial charge in [0.1, 0.15) is 21.4 Å². The van der Waals surface area contributed by atoms with Gasteiger partial charge in [0.15, 0.2) is 5.69 Å². The van der Waals surface area contributed by atoms with E-state index in [1.165, 1.54) is 25.3 Å². The van der Waals surface area contributed by atoms with Crippen molar-refractivity contribution in [2.45, 2.75) is 39.3 Å². The van der Waals surface area contributed by atoms with Crippen LogP contribution in [0.5, 0.6) is 0 Å². The number of aryl methyl sites for hydroxylation is 3. The number of fused-ring (bicyclic) bond motifs is 3. The van der Waals surface area contributed by atoms with Crippen LogP contribution in [-0.2, 0) is 26.1 Å². The molecule has 1 N–H and O–H groups in total. The molecule has 0 aliphatic heterocycles. The minimum Gasteiger partial charge on any atom is -0.267 e. The summed E-state index contributed by atoms with van der Waals surface area (Å²) in [6.07, 6.45) is -2.25. The maximum atomic E-state index is 13.1. The van der Waals surface area contributed by atoms with E-state index in [2.05, 4.69) is 22.4 Å². The molecule has 1 aliphatic rings. The Morgan fingerprint density at radius 2 is 2.07 bits per heavy atom. The number of rotatable bonds is 2. The Morgan fingerprint density at radius 3 is 2.70 bits per heavy atom. The Kier molecular flexibility index (Phi) is 4.93. The summed E-state index contributed by atoms with van der Waals surface area (Å²) in [5.41, 5.74) is 0.936. The van der Waals surface area contributed by atoms with Crippen molar-refractivity contribution in [2.75, 3.05) is 5.43 Å². The molecule has 0 saturated carbocycles. The first kappa shape index (κ1) is 20.9. The molecule has 3 aromatic heterocycles. The molecule has 1 amide bonds. The van der Waals surface area contributed by atoms with E-state index in [9.17, 15) is 22.8 Å². The molecule has 0 fully saturated rings. The van der Waals surface area contributed by atoms with Crippen molar-refractivity contribution in [1.82, 2.24) is 19.4 Å². The number of alkyl halides is 3. The Hall–Kier alpha value is -2.40. The van der Waals surface area contributed by atoms with E-state index in [0.29, 0.717) is 16.1 Å². The Bertz CT molecular complexity index is 1240. The van der Waals surface area contributed by atoms with Gasteiger partial charge in [-0.2, -0.15) is 18.3 Å². The van der Waals surface area contributed by atoms with Gasteiger partial charge >= 0.3 is 6.18 Å². The second kappa shape index (κ2) is 7.09. The van der Waals surface area contributed by atoms with Gasteiger partial charge in [0.25, 0.3) is 11.5 Å². The molecular weight excluding hydrogens is 443 g/mol. The maximum Gasteiger partial charge on any atom is 0.436 e. The molecule has 160 valence electrons. The first-order valence-electron chi connectivity index (χ1n) is 9.14. The highest BCUT2D eigenvalue weighted by Gasteiger charge is 2.40. The lowest BCUT2D eigenvalue weighted by molar-refractivity contribution is -0.141. The largest absolute Gasteiger partial charge is 0.436 e. The summed E-state index contributed by atoms with van der Waals surface area (Å²) in [5, 5.41) is 2.91. The SMILES string of the molecule is Cc1nc2sc3c(c2c(=O)n1NC(=O)c1c(Cl)c(C(F)(F)F)nn1C)CCC(C)C3. The van der Waals surface area contributed by atoms with E-state index in [1.54, 1.807) is 0 Å². The summed E-state index contributed by atoms with van der Waals surface area (Å²) in [4.78, 5) is 32.0. The van der Waals surface area contributed by atoms with Crippen LogP contribution in [0.15, 0.2) is 4.79 Å². The monoisotopic (exact) mass is 459 g/mol. The Balaban J connectivity index is 1.77. The van der Waals surface area contributed by atoms with Gasteiger partial charge in [0.05, 0.1) is 5.39 Å². The van der Waals surface area contributed by atoms with Gasteiger partial charge in [-0.05, 0) is 37.7 Å². The second-order valence-corrected chi connectivity index (χ2v) is 8.87. The van der Waals surface area contributed by atoms with Crippen LogP contribution in [0.25, 0.3) is 10.2 Å². The summed E-state index contributed by atoms with van der Waals surface area (Å²) in [5.74, 6) is -0.264. The van der Waals surface area contributed by atoms with E-state index >= 15 is 0 Å². The van der Waals surface area contributed by atoms with Crippen molar-refractivity contribution in [1.29, 1.82) is 0 Å². The van der Waals surface area contributed by atoms with Crippen LogP contribution in [-0.4, -0.2) is 25.3 Å². The number of thiophene rings is 1. The van der Waals surface area contributed by atoms with Crippen molar-refractivity contribution in [2.24, 2.45) is 13.0 Å². The van der Waals surface area contributed by atoms with Crippen LogP contribution in [0.2, 0.25) is 5.02 Å². The third-order valence-electron chi connectivity index (χ3n) is 5.18. The molecule has 3 aromatic rings. The summed E-state index contributed by atoms with van der Waals surface area (Å²) >= 11 is 7.24. The number of carbonyl (C=O) groups is 1. The average molecular weight is 460 g/mol. The maximum absolute atomic E-state index is 13.1. The van der Waals surface area contributed by atoms with Gasteiger partial charge in [-0.25, -0.2) is 9.66 Å². The number of hydrogen-bond donors (Lipinski definition) is 1. The topological polar surface area (TPSA) is 81.8 Å². The van der Waals surface area contributed by atoms with Gasteiger partial charge in [-0.1, -0.05) is 18.5 Å². The highest BCUT2D eigenvalue weighted by Crippen LogP contribution is 2.36. The average Bonchev–Trinajstić information content (AvgIpc) is 3.14. The zero-order valence-corrected chi connectivity index (χ0v) is 17.8. The smallest absolute Gasteiger partial charge is 0.267 e. The van der Waals surface area contributed by atoms with Gasteiger partial charge in [0, 0.05) is 11.9 Å². The van der Waals surface area contributed by atoms with Crippen LogP contribution < -0.4 is 11.0 Å². The fourth-order valence-electron chi connectivity index (χ4n) is 3.70. The molecule has 4 rings (SSSR count). The van der Waals surface area contributed by atoms with Gasteiger partial charge < -0.3 is 0 Å². The van der Waals surface area contributed by atoms with Crippen LogP contribution in [0.1, 0.15) is 45.8 Å². The van der Waals surface area contributed by atoms with Crippen LogP contribution in [0.4, 0.5) is 13.2 Å². The normalized spacial score (nSPS) is 16.7. The summed E-state index contributed by atoms with van der Waals surface area (Å²) in [6.45, 7) is 3.69. The van der Waals surface area contributed by atoms with Crippen molar-refractivity contribution < 1.29 is 18.0 Å². The molecule has 1 atom stereocenters. The van der Waals surface area contributed by atoms with E-state index in [-0.39, 0.29) is 5.82 Å². The third kappa shape index (κ3) is 3.29. The highest BCUT2D eigenvalue weighted by molar-refractivity contribution is 7.18. The number of hydrogen-bond acceptors (Lipinski definition) is 5. The fourth-order valence-corrected chi connectivity index (χ4v) is 5.48. The molecule has 7 nitrogen and oxygen atoms in total. The van der Waals surface area contributed by atoms with E-state index in [4.69, 9.17) is 11.6 Å². The molecule has 30 heavy (non-hydrogen) atoms. The van der Waals surface area contributed by atoms with Crippen LogP contribution in [0.3, 0.4) is 0 Å². The van der Waals surface area contributed by atoms with E-state index in [1.807, 2.05) is 0 Å². The molecule has 1 unspecified atom stereocenters. The number of halogens is 4. The number of carbonyl (C=O) groups excluding carboxylic acids is 1. The predicted molar refractivity (Wildman–Crippen MR) is 107 cm³/mol. The molecule has 0 aromatic carbocycles. The first-order valence-corrected chi connectivity index (χ1v) is 10.3. The van der Waals surface area contributed by atoms with Crippen molar-refractivity contribution in [3.8, 4) is 0 Å². The summed E-state index contributed by atoms with van der Waals surface area (Å²) in [7, 11) is 1.17. The van der Waals surface area contributed by atoms with Crippen molar-refractivity contribution in [3.05, 3.63) is 43.0 Å². The zero-order chi connectivity index (χ0) is 22.0. The van der Waals surface area contributed by atoms with Crippen LogP contribution >= 0.6 is 22.9 Å².